The van der Waals surface area contributed by atoms with Crippen LogP contribution in [0.3, 0.4) is 0 Å². The Morgan fingerprint density at radius 1 is 1.60 bits per heavy atom. The monoisotopic (exact) mass is 144 g/mol. The van der Waals surface area contributed by atoms with Gasteiger partial charge in [-0.2, -0.15) is 0 Å². The van der Waals surface area contributed by atoms with Crippen LogP contribution in [0, 0.1) is 10.8 Å². The third kappa shape index (κ3) is 1.52. The molecule has 1 fully saturated rings. The highest BCUT2D eigenvalue weighted by Crippen LogP contribution is 2.25. The first-order valence-electron chi connectivity index (χ1n) is 3.12. The summed E-state index contributed by atoms with van der Waals surface area (Å²) >= 11 is 0. The van der Waals surface area contributed by atoms with Crippen molar-refractivity contribution in [3.8, 4) is 0 Å². The Morgan fingerprint density at radius 2 is 2.20 bits per heavy atom. The van der Waals surface area contributed by atoms with Gasteiger partial charge in [-0.1, -0.05) is 0 Å². The van der Waals surface area contributed by atoms with Crippen LogP contribution in [0.4, 0.5) is 4.39 Å². The van der Waals surface area contributed by atoms with Crippen molar-refractivity contribution >= 4 is 12.1 Å². The van der Waals surface area contributed by atoms with Crippen molar-refractivity contribution < 1.29 is 9.13 Å². The minimum absolute atomic E-state index is 0.163. The fourth-order valence-electron chi connectivity index (χ4n) is 0.811. The highest BCUT2D eigenvalue weighted by atomic mass is 19.1. The molecular formula is C6H9FN2O. The summed E-state index contributed by atoms with van der Waals surface area (Å²) in [6, 6.07) is 0. The average Bonchev–Trinajstić information content (AvgIpc) is 1.84. The molecule has 56 valence electrons. The van der Waals surface area contributed by atoms with Gasteiger partial charge in [-0.15, -0.1) is 0 Å². The van der Waals surface area contributed by atoms with Crippen LogP contribution >= 0.6 is 0 Å². The van der Waals surface area contributed by atoms with Gasteiger partial charge >= 0.3 is 0 Å². The van der Waals surface area contributed by atoms with Crippen molar-refractivity contribution in [2.45, 2.75) is 25.1 Å². The van der Waals surface area contributed by atoms with E-state index in [1.54, 1.807) is 0 Å². The molecule has 3 nitrogen and oxygen atoms in total. The van der Waals surface area contributed by atoms with E-state index in [2.05, 4.69) is 0 Å². The summed E-state index contributed by atoms with van der Waals surface area (Å²) in [5.74, 6) is -0.183. The predicted molar refractivity (Wildman–Crippen MR) is 35.5 cm³/mol. The van der Waals surface area contributed by atoms with E-state index >= 15 is 0 Å². The Labute approximate surface area is 58.2 Å². The first-order chi connectivity index (χ1) is 4.72. The number of halogens is 1. The maximum atomic E-state index is 12.1. The largest absolute Gasteiger partial charge is 0.473 e. The van der Waals surface area contributed by atoms with Crippen molar-refractivity contribution in [1.29, 1.82) is 10.8 Å². The summed E-state index contributed by atoms with van der Waals surface area (Å²) in [7, 11) is 0. The third-order valence-electron chi connectivity index (χ3n) is 1.46. The molecule has 1 rings (SSSR count). The highest BCUT2D eigenvalue weighted by molar-refractivity contribution is 6.23. The van der Waals surface area contributed by atoms with Crippen molar-refractivity contribution in [3.63, 3.8) is 0 Å². The molecule has 10 heavy (non-hydrogen) atoms. The topological polar surface area (TPSA) is 56.9 Å². The second-order valence-corrected chi connectivity index (χ2v) is 2.32. The smallest absolute Gasteiger partial charge is 0.224 e. The van der Waals surface area contributed by atoms with E-state index in [4.69, 9.17) is 15.6 Å². The Morgan fingerprint density at radius 3 is 2.60 bits per heavy atom. The number of hydrogen-bond donors (Lipinski definition) is 2. The van der Waals surface area contributed by atoms with Gasteiger partial charge in [-0.3, -0.25) is 5.41 Å². The zero-order valence-corrected chi connectivity index (χ0v) is 5.43. The first kappa shape index (κ1) is 7.18. The molecule has 0 saturated heterocycles. The Balaban J connectivity index is 2.16. The van der Waals surface area contributed by atoms with Crippen molar-refractivity contribution in [3.05, 3.63) is 0 Å². The molecule has 0 atom stereocenters. The summed E-state index contributed by atoms with van der Waals surface area (Å²) in [5, 5.41) is 13.5. The van der Waals surface area contributed by atoms with Gasteiger partial charge in [0.1, 0.15) is 12.3 Å². The third-order valence-corrected chi connectivity index (χ3v) is 1.46. The molecule has 0 bridgehead atoms. The summed E-state index contributed by atoms with van der Waals surface area (Å²) < 4.78 is 16.9. The number of ether oxygens (including phenoxy) is 1. The van der Waals surface area contributed by atoms with Gasteiger partial charge in [0.15, 0.2) is 0 Å². The van der Waals surface area contributed by atoms with Gasteiger partial charge in [0.2, 0.25) is 5.90 Å². The van der Waals surface area contributed by atoms with Crippen molar-refractivity contribution in [2.24, 2.45) is 0 Å². The van der Waals surface area contributed by atoms with Crippen LogP contribution in [-0.4, -0.2) is 24.4 Å². The maximum Gasteiger partial charge on any atom is 0.224 e. The molecule has 0 amide bonds. The Kier molecular flexibility index (Phi) is 1.99. The molecule has 1 aliphatic rings. The summed E-state index contributed by atoms with van der Waals surface area (Å²) in [6.45, 7) is 0. The van der Waals surface area contributed by atoms with E-state index < -0.39 is 6.17 Å². The van der Waals surface area contributed by atoms with E-state index in [0.717, 1.165) is 6.21 Å². The highest BCUT2D eigenvalue weighted by Gasteiger charge is 2.30. The summed E-state index contributed by atoms with van der Waals surface area (Å²) in [4.78, 5) is 0. The summed E-state index contributed by atoms with van der Waals surface area (Å²) in [6.07, 6.45) is 0.630. The van der Waals surface area contributed by atoms with Gasteiger partial charge in [-0.25, -0.2) is 4.39 Å². The van der Waals surface area contributed by atoms with Crippen LogP contribution in [0.15, 0.2) is 0 Å². The number of nitrogens with one attached hydrogen (secondary N) is 2. The lowest BCUT2D eigenvalue weighted by Crippen LogP contribution is -2.34. The maximum absolute atomic E-state index is 12.1. The zero-order valence-electron chi connectivity index (χ0n) is 5.43. The minimum atomic E-state index is -0.761. The molecule has 0 spiro atoms. The molecule has 0 aromatic heterocycles. The summed E-state index contributed by atoms with van der Waals surface area (Å²) in [5.41, 5.74) is 0. The second-order valence-electron chi connectivity index (χ2n) is 2.32. The lowest BCUT2D eigenvalue weighted by Gasteiger charge is -2.29. The molecule has 1 saturated carbocycles. The fourth-order valence-corrected chi connectivity index (χ4v) is 0.811. The normalized spacial score (nSPS) is 30.5. The molecule has 0 aromatic carbocycles. The number of rotatable bonds is 2. The standard InChI is InChI=1S/C6H9FN2O/c7-4-1-5(2-4)10-6(9)3-8/h3-5,8-9H,1-2H2/t4-,5+. The zero-order chi connectivity index (χ0) is 7.56. The first-order valence-corrected chi connectivity index (χ1v) is 3.12. The van der Waals surface area contributed by atoms with Gasteiger partial charge in [0, 0.05) is 12.8 Å². The SMILES string of the molecule is N=CC(=N)O[C@H]1C[C@@H](F)C1. The lowest BCUT2D eigenvalue weighted by molar-refractivity contribution is 0.0338. The molecule has 2 N–H and O–H groups in total. The lowest BCUT2D eigenvalue weighted by atomic mass is 9.94. The molecular weight excluding hydrogens is 135 g/mol. The molecule has 0 unspecified atom stereocenters. The minimum Gasteiger partial charge on any atom is -0.473 e. The Bertz CT molecular complexity index is 154. The van der Waals surface area contributed by atoms with E-state index in [0.29, 0.717) is 12.8 Å². The van der Waals surface area contributed by atoms with E-state index in [1.807, 2.05) is 0 Å². The average molecular weight is 144 g/mol. The van der Waals surface area contributed by atoms with Gasteiger partial charge < -0.3 is 10.1 Å². The van der Waals surface area contributed by atoms with Crippen LogP contribution in [0.5, 0.6) is 0 Å². The van der Waals surface area contributed by atoms with Crippen LogP contribution in [0.2, 0.25) is 0 Å². The molecule has 0 aromatic rings. The number of alkyl halides is 1. The predicted octanol–water partition coefficient (Wildman–Crippen LogP) is 1.13. The van der Waals surface area contributed by atoms with E-state index in [-0.39, 0.29) is 12.0 Å². The molecule has 0 aliphatic heterocycles. The van der Waals surface area contributed by atoms with Crippen LogP contribution < -0.4 is 0 Å². The van der Waals surface area contributed by atoms with E-state index in [9.17, 15) is 4.39 Å². The Hall–Kier alpha value is -0.930. The van der Waals surface area contributed by atoms with E-state index in [1.165, 1.54) is 0 Å². The van der Waals surface area contributed by atoms with Gasteiger partial charge in [0.05, 0.1) is 6.21 Å². The molecule has 1 aliphatic carbocycles. The van der Waals surface area contributed by atoms with Crippen molar-refractivity contribution in [2.75, 3.05) is 0 Å². The second kappa shape index (κ2) is 2.77. The molecule has 0 heterocycles. The van der Waals surface area contributed by atoms with Crippen LogP contribution in [-0.2, 0) is 4.74 Å². The quantitative estimate of drug-likeness (QED) is 0.443. The van der Waals surface area contributed by atoms with Crippen LogP contribution in [0.1, 0.15) is 12.8 Å². The number of hydrogen-bond acceptors (Lipinski definition) is 3. The van der Waals surface area contributed by atoms with Gasteiger partial charge in [-0.05, 0) is 0 Å². The molecule has 4 heteroatoms. The van der Waals surface area contributed by atoms with Crippen molar-refractivity contribution in [1.82, 2.24) is 0 Å². The van der Waals surface area contributed by atoms with Gasteiger partial charge in [0.25, 0.3) is 0 Å². The van der Waals surface area contributed by atoms with Crippen LogP contribution in [0.25, 0.3) is 0 Å². The fraction of sp³-hybridized carbons (Fsp3) is 0.667. The molecule has 0 radical (unpaired) electrons.